The van der Waals surface area contributed by atoms with Crippen molar-refractivity contribution in [1.82, 2.24) is 25.9 Å². The molecule has 1 unspecified atom stereocenters. The van der Waals surface area contributed by atoms with E-state index in [1.165, 1.54) is 0 Å². The Hall–Kier alpha value is -2.15. The van der Waals surface area contributed by atoms with Crippen LogP contribution in [0.5, 0.6) is 5.75 Å². The first kappa shape index (κ1) is 14.3. The Morgan fingerprint density at radius 1 is 1.50 bits per heavy atom. The number of nitrogens with one attached hydrogen (secondary N) is 2. The number of hydrogen-bond donors (Lipinski definition) is 2. The highest BCUT2D eigenvalue weighted by molar-refractivity contribution is 6.32. The largest absolute Gasteiger partial charge is 0.491 e. The molecule has 2 aromatic rings. The van der Waals surface area contributed by atoms with Gasteiger partial charge >= 0.3 is 0 Å². The number of tetrazole rings is 1. The van der Waals surface area contributed by atoms with Crippen LogP contribution in [0.3, 0.4) is 0 Å². The first-order valence-corrected chi connectivity index (χ1v) is 6.44. The lowest BCUT2D eigenvalue weighted by atomic mass is 10.3. The van der Waals surface area contributed by atoms with Gasteiger partial charge in [0.2, 0.25) is 5.91 Å². The zero-order valence-electron chi connectivity index (χ0n) is 10.8. The predicted octanol–water partition coefficient (Wildman–Crippen LogP) is 1.50. The van der Waals surface area contributed by atoms with E-state index in [-0.39, 0.29) is 25.0 Å². The van der Waals surface area contributed by atoms with Crippen LogP contribution in [0.1, 0.15) is 25.2 Å². The van der Waals surface area contributed by atoms with Crippen LogP contribution in [0.25, 0.3) is 0 Å². The van der Waals surface area contributed by atoms with Crippen molar-refractivity contribution in [2.75, 3.05) is 6.61 Å². The quantitative estimate of drug-likeness (QED) is 0.842. The lowest BCUT2D eigenvalue weighted by Gasteiger charge is -2.11. The molecule has 0 aliphatic heterocycles. The number of aromatic amines is 1. The first-order valence-electron chi connectivity index (χ1n) is 6.07. The van der Waals surface area contributed by atoms with Crippen LogP contribution in [-0.2, 0) is 4.79 Å². The average Bonchev–Trinajstić information content (AvgIpc) is 2.95. The Kier molecular flexibility index (Phi) is 4.89. The van der Waals surface area contributed by atoms with Crippen molar-refractivity contribution in [2.45, 2.75) is 19.4 Å². The molecule has 2 N–H and O–H groups in total. The van der Waals surface area contributed by atoms with Crippen molar-refractivity contribution in [3.05, 3.63) is 35.1 Å². The Morgan fingerprint density at radius 2 is 2.30 bits per heavy atom. The number of hydrogen-bond acceptors (Lipinski definition) is 5. The van der Waals surface area contributed by atoms with Crippen molar-refractivity contribution in [3.8, 4) is 5.75 Å². The van der Waals surface area contributed by atoms with Gasteiger partial charge in [-0.1, -0.05) is 28.9 Å². The van der Waals surface area contributed by atoms with E-state index >= 15 is 0 Å². The van der Waals surface area contributed by atoms with Gasteiger partial charge in [-0.2, -0.15) is 5.21 Å². The second kappa shape index (κ2) is 6.85. The number of nitrogens with zero attached hydrogens (tertiary/aromatic N) is 3. The third kappa shape index (κ3) is 3.92. The van der Waals surface area contributed by atoms with Crippen LogP contribution < -0.4 is 10.1 Å². The Bertz CT molecular complexity index is 561. The third-order valence-electron chi connectivity index (χ3n) is 2.55. The highest BCUT2D eigenvalue weighted by Gasteiger charge is 2.13. The minimum atomic E-state index is -0.304. The van der Waals surface area contributed by atoms with E-state index in [2.05, 4.69) is 25.9 Å². The summed E-state index contributed by atoms with van der Waals surface area (Å²) in [7, 11) is 0. The van der Waals surface area contributed by atoms with E-state index in [1.807, 2.05) is 12.1 Å². The standard InChI is InChI=1S/C12H14ClN5O2/c1-8(12-15-17-18-16-12)14-11(19)6-7-20-10-5-3-2-4-9(10)13/h2-5,8H,6-7H2,1H3,(H,14,19)(H,15,16,17,18). The number of aromatic nitrogens is 4. The molecule has 1 aromatic heterocycles. The van der Waals surface area contributed by atoms with Crippen molar-refractivity contribution in [2.24, 2.45) is 0 Å². The first-order chi connectivity index (χ1) is 9.66. The maximum atomic E-state index is 11.7. The zero-order valence-corrected chi connectivity index (χ0v) is 11.6. The second-order valence-electron chi connectivity index (χ2n) is 4.09. The molecule has 0 aliphatic rings. The molecular formula is C12H14ClN5O2. The molecule has 0 saturated carbocycles. The van der Waals surface area contributed by atoms with E-state index in [9.17, 15) is 4.79 Å². The summed E-state index contributed by atoms with van der Waals surface area (Å²) in [5.74, 6) is 0.841. The molecule has 1 atom stereocenters. The Labute approximate surface area is 120 Å². The second-order valence-corrected chi connectivity index (χ2v) is 4.50. The summed E-state index contributed by atoms with van der Waals surface area (Å²) < 4.78 is 5.44. The molecule has 7 nitrogen and oxygen atoms in total. The van der Waals surface area contributed by atoms with Crippen molar-refractivity contribution >= 4 is 17.5 Å². The molecule has 0 spiro atoms. The van der Waals surface area contributed by atoms with E-state index in [0.717, 1.165) is 0 Å². The number of halogens is 1. The van der Waals surface area contributed by atoms with E-state index < -0.39 is 0 Å². The van der Waals surface area contributed by atoms with E-state index in [0.29, 0.717) is 16.6 Å². The van der Waals surface area contributed by atoms with Gasteiger partial charge in [0.25, 0.3) is 0 Å². The maximum Gasteiger partial charge on any atom is 0.224 e. The van der Waals surface area contributed by atoms with E-state index in [4.69, 9.17) is 16.3 Å². The molecule has 20 heavy (non-hydrogen) atoms. The summed E-state index contributed by atoms with van der Waals surface area (Å²) >= 11 is 5.94. The molecule has 0 radical (unpaired) electrons. The fourth-order valence-electron chi connectivity index (χ4n) is 1.55. The summed E-state index contributed by atoms with van der Waals surface area (Å²) in [4.78, 5) is 11.7. The number of amides is 1. The predicted molar refractivity (Wildman–Crippen MR) is 72.3 cm³/mol. The molecule has 0 aliphatic carbocycles. The average molecular weight is 296 g/mol. The number of para-hydroxylation sites is 1. The van der Waals surface area contributed by atoms with E-state index in [1.54, 1.807) is 19.1 Å². The summed E-state index contributed by atoms with van der Waals surface area (Å²) in [6, 6.07) is 6.81. The van der Waals surface area contributed by atoms with Crippen molar-refractivity contribution in [1.29, 1.82) is 0 Å². The minimum Gasteiger partial charge on any atom is -0.491 e. The molecule has 0 fully saturated rings. The number of rotatable bonds is 6. The number of carbonyl (C=O) groups is 1. The Balaban J connectivity index is 1.74. The summed E-state index contributed by atoms with van der Waals surface area (Å²) in [5.41, 5.74) is 0. The monoisotopic (exact) mass is 295 g/mol. The number of H-pyrrole nitrogens is 1. The number of benzene rings is 1. The molecule has 1 heterocycles. The van der Waals surface area contributed by atoms with Crippen LogP contribution in [0.2, 0.25) is 5.02 Å². The molecule has 2 rings (SSSR count). The normalized spacial score (nSPS) is 11.9. The van der Waals surface area contributed by atoms with Crippen molar-refractivity contribution in [3.63, 3.8) is 0 Å². The van der Waals surface area contributed by atoms with Gasteiger partial charge in [0.05, 0.1) is 24.1 Å². The van der Waals surface area contributed by atoms with Gasteiger partial charge in [-0.25, -0.2) is 0 Å². The summed E-state index contributed by atoms with van der Waals surface area (Å²) in [6.45, 7) is 2.02. The fraction of sp³-hybridized carbons (Fsp3) is 0.333. The van der Waals surface area contributed by atoms with Gasteiger partial charge in [0, 0.05) is 0 Å². The molecule has 0 saturated heterocycles. The molecule has 106 valence electrons. The van der Waals surface area contributed by atoms with Crippen LogP contribution in [-0.4, -0.2) is 33.1 Å². The minimum absolute atomic E-state index is 0.158. The lowest BCUT2D eigenvalue weighted by Crippen LogP contribution is -2.28. The van der Waals surface area contributed by atoms with Crippen LogP contribution in [0.4, 0.5) is 0 Å². The topological polar surface area (TPSA) is 92.8 Å². The summed E-state index contributed by atoms with van der Waals surface area (Å²) in [6.07, 6.45) is 0.216. The Morgan fingerprint density at radius 3 is 3.00 bits per heavy atom. The highest BCUT2D eigenvalue weighted by Crippen LogP contribution is 2.23. The van der Waals surface area contributed by atoms with Gasteiger partial charge in [0.1, 0.15) is 5.75 Å². The SMILES string of the molecule is CC(NC(=O)CCOc1ccccc1Cl)c1nn[nH]n1. The van der Waals surface area contributed by atoms with Gasteiger partial charge in [0.15, 0.2) is 5.82 Å². The number of carbonyl (C=O) groups excluding carboxylic acids is 1. The molecule has 0 bridgehead atoms. The van der Waals surface area contributed by atoms with Gasteiger partial charge < -0.3 is 10.1 Å². The van der Waals surface area contributed by atoms with Crippen LogP contribution >= 0.6 is 11.6 Å². The molecule has 1 amide bonds. The summed E-state index contributed by atoms with van der Waals surface area (Å²) in [5, 5.41) is 16.6. The fourth-order valence-corrected chi connectivity index (χ4v) is 1.74. The lowest BCUT2D eigenvalue weighted by molar-refractivity contribution is -0.122. The van der Waals surface area contributed by atoms with Gasteiger partial charge in [-0.05, 0) is 19.1 Å². The van der Waals surface area contributed by atoms with Gasteiger partial charge in [-0.15, -0.1) is 10.2 Å². The molecule has 8 heteroatoms. The van der Waals surface area contributed by atoms with Crippen LogP contribution in [0, 0.1) is 0 Å². The highest BCUT2D eigenvalue weighted by atomic mass is 35.5. The number of ether oxygens (including phenoxy) is 1. The maximum absolute atomic E-state index is 11.7. The zero-order chi connectivity index (χ0) is 14.4. The molecular weight excluding hydrogens is 282 g/mol. The van der Waals surface area contributed by atoms with Gasteiger partial charge in [-0.3, -0.25) is 4.79 Å². The smallest absolute Gasteiger partial charge is 0.224 e. The molecule has 1 aromatic carbocycles. The van der Waals surface area contributed by atoms with Crippen LogP contribution in [0.15, 0.2) is 24.3 Å². The van der Waals surface area contributed by atoms with Crippen molar-refractivity contribution < 1.29 is 9.53 Å². The third-order valence-corrected chi connectivity index (χ3v) is 2.86.